The largest absolute Gasteiger partial charge is 0.494 e. The molecule has 2 aromatic rings. The summed E-state index contributed by atoms with van der Waals surface area (Å²) in [6.07, 6.45) is 0. The maximum atomic E-state index is 12.1. The molecule has 0 bridgehead atoms. The lowest BCUT2D eigenvalue weighted by molar-refractivity contribution is 0.0556. The van der Waals surface area contributed by atoms with E-state index >= 15 is 0 Å². The Morgan fingerprint density at radius 2 is 2.19 bits per heavy atom. The third-order valence-corrected chi connectivity index (χ3v) is 4.18. The van der Waals surface area contributed by atoms with Crippen molar-refractivity contribution in [3.63, 3.8) is 0 Å². The van der Waals surface area contributed by atoms with Crippen LogP contribution in [0.1, 0.15) is 29.1 Å². The van der Waals surface area contributed by atoms with Crippen molar-refractivity contribution in [2.45, 2.75) is 19.4 Å². The molecule has 21 heavy (non-hydrogen) atoms. The number of nitrogens with one attached hydrogen (secondary N) is 1. The highest BCUT2D eigenvalue weighted by molar-refractivity contribution is 7.10. The van der Waals surface area contributed by atoms with Crippen LogP contribution in [0.3, 0.4) is 0 Å². The zero-order valence-electron chi connectivity index (χ0n) is 12.1. The second-order valence-electron chi connectivity index (χ2n) is 4.89. The first kappa shape index (κ1) is 15.5. The second-order valence-corrected chi connectivity index (χ2v) is 5.84. The molecular weight excluding hydrogens is 286 g/mol. The average Bonchev–Trinajstić information content (AvgIpc) is 3.00. The fourth-order valence-electron chi connectivity index (χ4n) is 1.92. The van der Waals surface area contributed by atoms with Gasteiger partial charge in [0.1, 0.15) is 11.4 Å². The van der Waals surface area contributed by atoms with Gasteiger partial charge in [0.2, 0.25) is 0 Å². The van der Waals surface area contributed by atoms with Crippen LogP contribution in [-0.2, 0) is 5.60 Å². The zero-order valence-corrected chi connectivity index (χ0v) is 12.9. The number of hydrogen-bond acceptors (Lipinski definition) is 4. The van der Waals surface area contributed by atoms with Gasteiger partial charge in [-0.05, 0) is 43.5 Å². The monoisotopic (exact) mass is 305 g/mol. The molecule has 4 nitrogen and oxygen atoms in total. The average molecular weight is 305 g/mol. The van der Waals surface area contributed by atoms with Gasteiger partial charge in [0.25, 0.3) is 5.91 Å². The number of amides is 1. The zero-order chi connectivity index (χ0) is 15.3. The van der Waals surface area contributed by atoms with Crippen molar-refractivity contribution in [2.24, 2.45) is 0 Å². The third kappa shape index (κ3) is 4.06. The molecule has 0 radical (unpaired) electrons. The third-order valence-electron chi connectivity index (χ3n) is 3.05. The van der Waals surface area contributed by atoms with Gasteiger partial charge >= 0.3 is 0 Å². The Hall–Kier alpha value is -1.85. The molecule has 2 rings (SSSR count). The standard InChI is InChI=1S/C16H19NO3S/c1-3-20-13-7-4-6-12(10-13)15(18)17-11-16(2,19)14-8-5-9-21-14/h4-10,19H,3,11H2,1-2H3,(H,17,18). The SMILES string of the molecule is CCOc1cccc(C(=O)NCC(C)(O)c2cccs2)c1. The molecule has 0 fully saturated rings. The molecule has 5 heteroatoms. The highest BCUT2D eigenvalue weighted by Crippen LogP contribution is 2.24. The molecule has 1 aromatic carbocycles. The maximum Gasteiger partial charge on any atom is 0.251 e. The van der Waals surface area contributed by atoms with Gasteiger partial charge in [0.15, 0.2) is 0 Å². The molecule has 0 saturated heterocycles. The quantitative estimate of drug-likeness (QED) is 0.863. The van der Waals surface area contributed by atoms with E-state index in [1.807, 2.05) is 30.5 Å². The van der Waals surface area contributed by atoms with Crippen molar-refractivity contribution in [2.75, 3.05) is 13.2 Å². The minimum absolute atomic E-state index is 0.158. The summed E-state index contributed by atoms with van der Waals surface area (Å²) in [4.78, 5) is 13.0. The summed E-state index contributed by atoms with van der Waals surface area (Å²) < 4.78 is 5.37. The van der Waals surface area contributed by atoms with Gasteiger partial charge in [-0.2, -0.15) is 0 Å². The van der Waals surface area contributed by atoms with Gasteiger partial charge in [-0.1, -0.05) is 12.1 Å². The molecule has 2 N–H and O–H groups in total. The first-order valence-electron chi connectivity index (χ1n) is 6.80. The fraction of sp³-hybridized carbons (Fsp3) is 0.312. The minimum atomic E-state index is -1.07. The van der Waals surface area contributed by atoms with E-state index in [1.165, 1.54) is 11.3 Å². The normalized spacial score (nSPS) is 13.5. The van der Waals surface area contributed by atoms with E-state index in [0.717, 1.165) is 4.88 Å². The van der Waals surface area contributed by atoms with Crippen molar-refractivity contribution < 1.29 is 14.6 Å². The molecule has 0 saturated carbocycles. The fourth-order valence-corrected chi connectivity index (χ4v) is 2.71. The van der Waals surface area contributed by atoms with E-state index in [9.17, 15) is 9.90 Å². The summed E-state index contributed by atoms with van der Waals surface area (Å²) in [6.45, 7) is 4.30. The predicted molar refractivity (Wildman–Crippen MR) is 83.8 cm³/mol. The van der Waals surface area contributed by atoms with Crippen LogP contribution in [0.2, 0.25) is 0 Å². The number of rotatable bonds is 6. The van der Waals surface area contributed by atoms with Crippen LogP contribution in [0.4, 0.5) is 0 Å². The van der Waals surface area contributed by atoms with Gasteiger partial charge in [-0.3, -0.25) is 4.79 Å². The highest BCUT2D eigenvalue weighted by atomic mass is 32.1. The van der Waals surface area contributed by atoms with E-state index < -0.39 is 5.60 Å². The Bertz CT molecular complexity index is 593. The summed E-state index contributed by atoms with van der Waals surface area (Å²) in [5.74, 6) is 0.434. The summed E-state index contributed by atoms with van der Waals surface area (Å²) >= 11 is 1.47. The molecule has 1 amide bonds. The molecule has 1 unspecified atom stereocenters. The number of aliphatic hydroxyl groups is 1. The maximum absolute atomic E-state index is 12.1. The smallest absolute Gasteiger partial charge is 0.251 e. The molecular formula is C16H19NO3S. The lowest BCUT2D eigenvalue weighted by atomic mass is 10.1. The molecule has 1 atom stereocenters. The van der Waals surface area contributed by atoms with Crippen LogP contribution >= 0.6 is 11.3 Å². The van der Waals surface area contributed by atoms with Gasteiger partial charge in [0, 0.05) is 10.4 Å². The number of thiophene rings is 1. The van der Waals surface area contributed by atoms with E-state index in [0.29, 0.717) is 17.9 Å². The Morgan fingerprint density at radius 3 is 2.86 bits per heavy atom. The number of hydrogen-bond donors (Lipinski definition) is 2. The van der Waals surface area contributed by atoms with Crippen molar-refractivity contribution in [3.8, 4) is 5.75 Å². The predicted octanol–water partition coefficient (Wildman–Crippen LogP) is 2.78. The number of benzene rings is 1. The number of ether oxygens (including phenoxy) is 1. The summed E-state index contributed by atoms with van der Waals surface area (Å²) in [5, 5.41) is 15.0. The Kier molecular flexibility index (Phi) is 4.98. The molecule has 0 aliphatic rings. The summed E-state index contributed by atoms with van der Waals surface area (Å²) in [6, 6.07) is 10.7. The first-order valence-corrected chi connectivity index (χ1v) is 7.68. The Morgan fingerprint density at radius 1 is 1.38 bits per heavy atom. The lowest BCUT2D eigenvalue weighted by Gasteiger charge is -2.22. The molecule has 112 valence electrons. The Labute approximate surface area is 128 Å². The second kappa shape index (κ2) is 6.74. The van der Waals surface area contributed by atoms with Crippen LogP contribution in [0.25, 0.3) is 0 Å². The van der Waals surface area contributed by atoms with Gasteiger partial charge < -0.3 is 15.2 Å². The van der Waals surface area contributed by atoms with Gasteiger partial charge in [-0.25, -0.2) is 0 Å². The van der Waals surface area contributed by atoms with E-state index in [1.54, 1.807) is 25.1 Å². The molecule has 1 heterocycles. The van der Waals surface area contributed by atoms with Crippen molar-refractivity contribution in [1.82, 2.24) is 5.32 Å². The number of carbonyl (C=O) groups excluding carboxylic acids is 1. The Balaban J connectivity index is 2.00. The number of carbonyl (C=O) groups is 1. The van der Waals surface area contributed by atoms with Crippen LogP contribution in [-0.4, -0.2) is 24.2 Å². The van der Waals surface area contributed by atoms with Crippen LogP contribution in [0, 0.1) is 0 Å². The van der Waals surface area contributed by atoms with Gasteiger partial charge in [-0.15, -0.1) is 11.3 Å². The molecule has 0 aliphatic heterocycles. The summed E-state index contributed by atoms with van der Waals surface area (Å²) in [7, 11) is 0. The molecule has 0 aliphatic carbocycles. The highest BCUT2D eigenvalue weighted by Gasteiger charge is 2.25. The van der Waals surface area contributed by atoms with E-state index in [2.05, 4.69) is 5.32 Å². The molecule has 0 spiro atoms. The topological polar surface area (TPSA) is 58.6 Å². The van der Waals surface area contributed by atoms with Crippen molar-refractivity contribution in [1.29, 1.82) is 0 Å². The van der Waals surface area contributed by atoms with Crippen molar-refractivity contribution >= 4 is 17.2 Å². The molecule has 1 aromatic heterocycles. The van der Waals surface area contributed by atoms with Crippen LogP contribution < -0.4 is 10.1 Å². The summed E-state index contributed by atoms with van der Waals surface area (Å²) in [5.41, 5.74) is -0.551. The lowest BCUT2D eigenvalue weighted by Crippen LogP contribution is -2.38. The van der Waals surface area contributed by atoms with Gasteiger partial charge in [0.05, 0.1) is 13.2 Å². The first-order chi connectivity index (χ1) is 10.0. The van der Waals surface area contributed by atoms with Crippen molar-refractivity contribution in [3.05, 3.63) is 52.2 Å². The van der Waals surface area contributed by atoms with Crippen LogP contribution in [0.5, 0.6) is 5.75 Å². The van der Waals surface area contributed by atoms with Crippen LogP contribution in [0.15, 0.2) is 41.8 Å². The minimum Gasteiger partial charge on any atom is -0.494 e. The van der Waals surface area contributed by atoms with E-state index in [4.69, 9.17) is 4.74 Å². The van der Waals surface area contributed by atoms with E-state index in [-0.39, 0.29) is 12.5 Å².